The smallest absolute Gasteiger partial charge is 0.265 e. The molecule has 1 amide bonds. The fourth-order valence-corrected chi connectivity index (χ4v) is 2.14. The Balaban J connectivity index is 3.95. The standard InChI is InChI=1S/C15H32N4O2/c1-4-5-6-7-11-19(12-8-10-18(2)3)13-9-16-15(20)14-17-21/h14,21H,4-13H2,1-3H3,(H,16,20)/b17-14+. The van der Waals surface area contributed by atoms with Crippen LogP contribution in [0.4, 0.5) is 0 Å². The molecule has 0 atom stereocenters. The van der Waals surface area contributed by atoms with E-state index in [1.54, 1.807) is 0 Å². The maximum Gasteiger partial charge on any atom is 0.265 e. The zero-order chi connectivity index (χ0) is 15.9. The molecule has 6 heteroatoms. The Bertz CT molecular complexity index is 283. The normalized spacial score (nSPS) is 11.7. The van der Waals surface area contributed by atoms with Crippen LogP contribution in [0.3, 0.4) is 0 Å². The number of unbranched alkanes of at least 4 members (excludes halogenated alkanes) is 3. The van der Waals surface area contributed by atoms with Gasteiger partial charge in [-0.25, -0.2) is 0 Å². The summed E-state index contributed by atoms with van der Waals surface area (Å²) < 4.78 is 0. The first-order valence-electron chi connectivity index (χ1n) is 7.92. The van der Waals surface area contributed by atoms with Crippen molar-refractivity contribution in [1.29, 1.82) is 0 Å². The quantitative estimate of drug-likeness (QED) is 0.233. The van der Waals surface area contributed by atoms with Crippen LogP contribution in [-0.2, 0) is 4.79 Å². The third-order valence-electron chi connectivity index (χ3n) is 3.31. The first kappa shape index (κ1) is 19.9. The van der Waals surface area contributed by atoms with E-state index in [4.69, 9.17) is 5.21 Å². The van der Waals surface area contributed by atoms with Gasteiger partial charge in [-0.15, -0.1) is 0 Å². The Morgan fingerprint density at radius 2 is 1.81 bits per heavy atom. The van der Waals surface area contributed by atoms with Crippen LogP contribution >= 0.6 is 0 Å². The van der Waals surface area contributed by atoms with E-state index in [9.17, 15) is 4.79 Å². The second kappa shape index (κ2) is 13.8. The van der Waals surface area contributed by atoms with Gasteiger partial charge in [0.1, 0.15) is 6.21 Å². The molecular weight excluding hydrogens is 268 g/mol. The van der Waals surface area contributed by atoms with Gasteiger partial charge in [0.2, 0.25) is 0 Å². The summed E-state index contributed by atoms with van der Waals surface area (Å²) in [5.74, 6) is -0.350. The van der Waals surface area contributed by atoms with Gasteiger partial charge in [-0.3, -0.25) is 4.79 Å². The summed E-state index contributed by atoms with van der Waals surface area (Å²) in [5.41, 5.74) is 0. The molecule has 0 aliphatic carbocycles. The maximum absolute atomic E-state index is 11.2. The van der Waals surface area contributed by atoms with E-state index < -0.39 is 0 Å². The Kier molecular flexibility index (Phi) is 13.1. The zero-order valence-electron chi connectivity index (χ0n) is 13.8. The molecule has 0 saturated carbocycles. The summed E-state index contributed by atoms with van der Waals surface area (Å²) in [6.07, 6.45) is 7.03. The molecule has 0 rings (SSSR count). The molecule has 0 heterocycles. The van der Waals surface area contributed by atoms with Crippen LogP contribution in [0.2, 0.25) is 0 Å². The van der Waals surface area contributed by atoms with Crippen LogP contribution in [-0.4, -0.2) is 73.9 Å². The van der Waals surface area contributed by atoms with Crippen LogP contribution in [0.1, 0.15) is 39.0 Å². The summed E-state index contributed by atoms with van der Waals surface area (Å²) in [7, 11) is 4.17. The number of carbonyl (C=O) groups is 1. The maximum atomic E-state index is 11.2. The third kappa shape index (κ3) is 13.6. The van der Waals surface area contributed by atoms with Crippen LogP contribution in [0.25, 0.3) is 0 Å². The molecule has 0 saturated heterocycles. The average molecular weight is 300 g/mol. The highest BCUT2D eigenvalue weighted by Gasteiger charge is 2.06. The summed E-state index contributed by atoms with van der Waals surface area (Å²) in [6.45, 7) is 6.85. The molecule has 0 fully saturated rings. The molecular formula is C15H32N4O2. The zero-order valence-corrected chi connectivity index (χ0v) is 13.8. The fourth-order valence-electron chi connectivity index (χ4n) is 2.14. The Labute approximate surface area is 129 Å². The number of hydrogen-bond acceptors (Lipinski definition) is 5. The predicted molar refractivity (Wildman–Crippen MR) is 87.0 cm³/mol. The molecule has 0 aliphatic heterocycles. The number of nitrogens with zero attached hydrogens (tertiary/aromatic N) is 3. The van der Waals surface area contributed by atoms with E-state index in [2.05, 4.69) is 41.3 Å². The highest BCUT2D eigenvalue weighted by Crippen LogP contribution is 2.02. The fraction of sp³-hybridized carbons (Fsp3) is 0.867. The second-order valence-electron chi connectivity index (χ2n) is 5.59. The lowest BCUT2D eigenvalue weighted by molar-refractivity contribution is -0.114. The number of carbonyl (C=O) groups excluding carboxylic acids is 1. The number of hydrogen-bond donors (Lipinski definition) is 2. The molecule has 0 bridgehead atoms. The summed E-state index contributed by atoms with van der Waals surface area (Å²) in [4.78, 5) is 15.8. The van der Waals surface area contributed by atoms with Crippen molar-refractivity contribution in [3.05, 3.63) is 0 Å². The summed E-state index contributed by atoms with van der Waals surface area (Å²) >= 11 is 0. The third-order valence-corrected chi connectivity index (χ3v) is 3.31. The highest BCUT2D eigenvalue weighted by molar-refractivity contribution is 6.25. The van der Waals surface area contributed by atoms with Gasteiger partial charge in [0.05, 0.1) is 0 Å². The molecule has 2 N–H and O–H groups in total. The van der Waals surface area contributed by atoms with Gasteiger partial charge in [0.15, 0.2) is 0 Å². The van der Waals surface area contributed by atoms with Crippen LogP contribution in [0.5, 0.6) is 0 Å². The topological polar surface area (TPSA) is 68.2 Å². The SMILES string of the molecule is CCCCCCN(CCCN(C)C)CCNC(=O)/C=N/O. The van der Waals surface area contributed by atoms with E-state index in [0.29, 0.717) is 6.54 Å². The van der Waals surface area contributed by atoms with Crippen molar-refractivity contribution in [2.75, 3.05) is 46.8 Å². The molecule has 0 aromatic heterocycles. The minimum Gasteiger partial charge on any atom is -0.411 e. The van der Waals surface area contributed by atoms with E-state index >= 15 is 0 Å². The van der Waals surface area contributed by atoms with Crippen molar-refractivity contribution in [3.8, 4) is 0 Å². The van der Waals surface area contributed by atoms with Crippen molar-refractivity contribution in [3.63, 3.8) is 0 Å². The molecule has 0 unspecified atom stereocenters. The monoisotopic (exact) mass is 300 g/mol. The number of rotatable bonds is 13. The molecule has 0 radical (unpaired) electrons. The van der Waals surface area contributed by atoms with E-state index in [1.807, 2.05) is 0 Å². The van der Waals surface area contributed by atoms with Gasteiger partial charge in [-0.1, -0.05) is 31.3 Å². The van der Waals surface area contributed by atoms with Gasteiger partial charge in [-0.05, 0) is 46.6 Å². The van der Waals surface area contributed by atoms with Crippen molar-refractivity contribution in [2.24, 2.45) is 5.16 Å². The molecule has 21 heavy (non-hydrogen) atoms. The van der Waals surface area contributed by atoms with Crippen molar-refractivity contribution in [1.82, 2.24) is 15.1 Å². The lowest BCUT2D eigenvalue weighted by atomic mass is 10.2. The van der Waals surface area contributed by atoms with Crippen LogP contribution < -0.4 is 5.32 Å². The first-order chi connectivity index (χ1) is 10.1. The summed E-state index contributed by atoms with van der Waals surface area (Å²) in [6, 6.07) is 0. The van der Waals surface area contributed by atoms with Gasteiger partial charge in [0, 0.05) is 13.1 Å². The van der Waals surface area contributed by atoms with Gasteiger partial charge >= 0.3 is 0 Å². The molecule has 0 aromatic carbocycles. The van der Waals surface area contributed by atoms with Gasteiger partial charge in [0.25, 0.3) is 5.91 Å². The van der Waals surface area contributed by atoms with E-state index in [0.717, 1.165) is 38.8 Å². The largest absolute Gasteiger partial charge is 0.411 e. The second-order valence-corrected chi connectivity index (χ2v) is 5.59. The number of oxime groups is 1. The Morgan fingerprint density at radius 3 is 2.43 bits per heavy atom. The predicted octanol–water partition coefficient (Wildman–Crippen LogP) is 1.40. The molecule has 0 spiro atoms. The minimum atomic E-state index is -0.350. The molecule has 0 aliphatic rings. The average Bonchev–Trinajstić information content (AvgIpc) is 2.43. The molecule has 0 aromatic rings. The van der Waals surface area contributed by atoms with E-state index in [1.165, 1.54) is 25.7 Å². The van der Waals surface area contributed by atoms with Gasteiger partial charge < -0.3 is 20.3 Å². The Morgan fingerprint density at radius 1 is 1.10 bits per heavy atom. The van der Waals surface area contributed by atoms with Crippen molar-refractivity contribution < 1.29 is 10.0 Å². The Hall–Kier alpha value is -1.14. The van der Waals surface area contributed by atoms with Crippen molar-refractivity contribution >= 4 is 12.1 Å². The first-order valence-corrected chi connectivity index (χ1v) is 7.92. The number of nitrogens with one attached hydrogen (secondary N) is 1. The molecule has 124 valence electrons. The van der Waals surface area contributed by atoms with E-state index in [-0.39, 0.29) is 5.91 Å². The minimum absolute atomic E-state index is 0.350. The lowest BCUT2D eigenvalue weighted by Crippen LogP contribution is -2.37. The van der Waals surface area contributed by atoms with Crippen LogP contribution in [0.15, 0.2) is 5.16 Å². The van der Waals surface area contributed by atoms with Gasteiger partial charge in [-0.2, -0.15) is 0 Å². The summed E-state index contributed by atoms with van der Waals surface area (Å²) in [5, 5.41) is 13.7. The highest BCUT2D eigenvalue weighted by atomic mass is 16.4. The van der Waals surface area contributed by atoms with Crippen molar-refractivity contribution in [2.45, 2.75) is 39.0 Å². The molecule has 6 nitrogen and oxygen atoms in total. The number of amides is 1. The van der Waals surface area contributed by atoms with Crippen LogP contribution in [0, 0.1) is 0 Å². The lowest BCUT2D eigenvalue weighted by Gasteiger charge is -2.23.